The van der Waals surface area contributed by atoms with Gasteiger partial charge in [0.15, 0.2) is 11.6 Å². The zero-order valence-corrected chi connectivity index (χ0v) is 16.2. The van der Waals surface area contributed by atoms with Gasteiger partial charge in [-0.2, -0.15) is 5.10 Å². The minimum Gasteiger partial charge on any atom is -0.489 e. The van der Waals surface area contributed by atoms with Crippen molar-refractivity contribution in [2.24, 2.45) is 0 Å². The second-order valence-electron chi connectivity index (χ2n) is 6.56. The molecule has 1 N–H and O–H groups in total. The van der Waals surface area contributed by atoms with Crippen LogP contribution in [0, 0.1) is 5.82 Å². The number of nitrogens with zero attached hydrogens (tertiary/aromatic N) is 2. The third-order valence-electron chi connectivity index (χ3n) is 4.49. The van der Waals surface area contributed by atoms with E-state index in [0.29, 0.717) is 11.4 Å². The van der Waals surface area contributed by atoms with E-state index in [-0.39, 0.29) is 24.8 Å². The summed E-state index contributed by atoms with van der Waals surface area (Å²) in [6, 6.07) is 27.1. The van der Waals surface area contributed by atoms with Crippen molar-refractivity contribution in [2.45, 2.75) is 0 Å². The first kappa shape index (κ1) is 19.4. The number of para-hydroxylation sites is 2. The molecule has 0 unspecified atom stereocenters. The van der Waals surface area contributed by atoms with E-state index >= 15 is 0 Å². The Morgan fingerprint density at radius 2 is 1.60 bits per heavy atom. The van der Waals surface area contributed by atoms with E-state index in [1.807, 2.05) is 60.7 Å². The van der Waals surface area contributed by atoms with Gasteiger partial charge in [0.2, 0.25) is 0 Å². The number of hydrogen-bond donors (Lipinski definition) is 1. The Kier molecular flexibility index (Phi) is 5.85. The molecule has 1 heterocycles. The summed E-state index contributed by atoms with van der Waals surface area (Å²) in [7, 11) is 0. The molecule has 0 saturated carbocycles. The number of halogens is 1. The summed E-state index contributed by atoms with van der Waals surface area (Å²) >= 11 is 0. The van der Waals surface area contributed by atoms with Crippen LogP contribution in [0.2, 0.25) is 0 Å². The molecule has 4 rings (SSSR count). The molecule has 0 saturated heterocycles. The summed E-state index contributed by atoms with van der Waals surface area (Å²) < 4.78 is 20.6. The Morgan fingerprint density at radius 1 is 0.933 bits per heavy atom. The van der Waals surface area contributed by atoms with Crippen molar-refractivity contribution in [1.82, 2.24) is 15.1 Å². The molecule has 1 aromatic heterocycles. The van der Waals surface area contributed by atoms with E-state index in [1.54, 1.807) is 28.9 Å². The lowest BCUT2D eigenvalue weighted by molar-refractivity contribution is 0.0939. The van der Waals surface area contributed by atoms with Crippen molar-refractivity contribution in [3.63, 3.8) is 0 Å². The molecule has 0 aliphatic rings. The van der Waals surface area contributed by atoms with Crippen molar-refractivity contribution >= 4 is 5.91 Å². The van der Waals surface area contributed by atoms with Crippen molar-refractivity contribution in [3.8, 4) is 22.7 Å². The molecular weight excluding hydrogens is 381 g/mol. The average Bonchev–Trinajstić information content (AvgIpc) is 3.25. The number of amides is 1. The molecule has 3 aromatic carbocycles. The van der Waals surface area contributed by atoms with Gasteiger partial charge in [0.05, 0.1) is 17.9 Å². The maximum atomic E-state index is 13.6. The molecule has 4 aromatic rings. The van der Waals surface area contributed by atoms with Crippen molar-refractivity contribution in [2.75, 3.05) is 13.2 Å². The predicted molar refractivity (Wildman–Crippen MR) is 113 cm³/mol. The van der Waals surface area contributed by atoms with Crippen molar-refractivity contribution in [3.05, 3.63) is 103 Å². The Labute approximate surface area is 173 Å². The SMILES string of the molecule is O=C(NCCOc1ccccc1F)c1cc(-c2ccccc2)nn1-c1ccccc1. The number of rotatable bonds is 7. The number of benzene rings is 3. The monoisotopic (exact) mass is 401 g/mol. The molecular formula is C24H20FN3O2. The van der Waals surface area contributed by atoms with Gasteiger partial charge >= 0.3 is 0 Å². The Bertz CT molecular complexity index is 1130. The molecule has 0 bridgehead atoms. The second kappa shape index (κ2) is 9.05. The van der Waals surface area contributed by atoms with Gasteiger partial charge in [0.25, 0.3) is 5.91 Å². The first-order chi connectivity index (χ1) is 14.7. The predicted octanol–water partition coefficient (Wildman–Crippen LogP) is 4.49. The van der Waals surface area contributed by atoms with Gasteiger partial charge in [-0.25, -0.2) is 9.07 Å². The van der Waals surface area contributed by atoms with Crippen LogP contribution in [0.1, 0.15) is 10.5 Å². The maximum absolute atomic E-state index is 13.6. The van der Waals surface area contributed by atoms with Gasteiger partial charge in [-0.05, 0) is 30.3 Å². The van der Waals surface area contributed by atoms with Crippen LogP contribution >= 0.6 is 0 Å². The normalized spacial score (nSPS) is 10.6. The number of carbonyl (C=O) groups is 1. The van der Waals surface area contributed by atoms with Crippen LogP contribution in [0.25, 0.3) is 16.9 Å². The van der Waals surface area contributed by atoms with Gasteiger partial charge < -0.3 is 10.1 Å². The highest BCUT2D eigenvalue weighted by Gasteiger charge is 2.17. The first-order valence-electron chi connectivity index (χ1n) is 9.59. The zero-order valence-electron chi connectivity index (χ0n) is 16.2. The van der Waals surface area contributed by atoms with Gasteiger partial charge in [-0.15, -0.1) is 0 Å². The lowest BCUT2D eigenvalue weighted by Gasteiger charge is -2.10. The fourth-order valence-corrected chi connectivity index (χ4v) is 3.04. The van der Waals surface area contributed by atoms with Crippen molar-refractivity contribution in [1.29, 1.82) is 0 Å². The minimum atomic E-state index is -0.432. The summed E-state index contributed by atoms with van der Waals surface area (Å²) in [6.45, 7) is 0.380. The fraction of sp³-hybridized carbons (Fsp3) is 0.0833. The van der Waals surface area contributed by atoms with Gasteiger partial charge in [0, 0.05) is 5.56 Å². The molecule has 1 amide bonds. The quantitative estimate of drug-likeness (QED) is 0.464. The topological polar surface area (TPSA) is 56.1 Å². The molecule has 5 nitrogen and oxygen atoms in total. The van der Waals surface area contributed by atoms with E-state index in [4.69, 9.17) is 4.74 Å². The molecule has 0 radical (unpaired) electrons. The van der Waals surface area contributed by atoms with E-state index in [1.165, 1.54) is 6.07 Å². The number of aromatic nitrogens is 2. The van der Waals surface area contributed by atoms with Crippen LogP contribution in [-0.2, 0) is 0 Å². The molecule has 0 fully saturated rings. The molecule has 30 heavy (non-hydrogen) atoms. The molecule has 150 valence electrons. The second-order valence-corrected chi connectivity index (χ2v) is 6.56. The summed E-state index contributed by atoms with van der Waals surface area (Å²) in [5, 5.41) is 7.45. The highest BCUT2D eigenvalue weighted by Crippen LogP contribution is 2.21. The van der Waals surface area contributed by atoms with Gasteiger partial charge in [-0.3, -0.25) is 4.79 Å². The summed E-state index contributed by atoms with van der Waals surface area (Å²) in [5.41, 5.74) is 2.81. The Morgan fingerprint density at radius 3 is 2.33 bits per heavy atom. The Balaban J connectivity index is 1.51. The third-order valence-corrected chi connectivity index (χ3v) is 4.49. The maximum Gasteiger partial charge on any atom is 0.270 e. The lowest BCUT2D eigenvalue weighted by atomic mass is 10.1. The Hall–Kier alpha value is -3.93. The van der Waals surface area contributed by atoms with Crippen LogP contribution in [0.3, 0.4) is 0 Å². The van der Waals surface area contributed by atoms with E-state index < -0.39 is 5.82 Å². The first-order valence-corrected chi connectivity index (χ1v) is 9.59. The van der Waals surface area contributed by atoms with E-state index in [2.05, 4.69) is 10.4 Å². The number of nitrogens with one attached hydrogen (secondary N) is 1. The van der Waals surface area contributed by atoms with Crippen LogP contribution in [-0.4, -0.2) is 28.8 Å². The number of hydrogen-bond acceptors (Lipinski definition) is 3. The highest BCUT2D eigenvalue weighted by atomic mass is 19.1. The van der Waals surface area contributed by atoms with Gasteiger partial charge in [0.1, 0.15) is 12.3 Å². The summed E-state index contributed by atoms with van der Waals surface area (Å²) in [4.78, 5) is 12.9. The van der Waals surface area contributed by atoms with Crippen LogP contribution in [0.5, 0.6) is 5.75 Å². The smallest absolute Gasteiger partial charge is 0.270 e. The standard InChI is InChI=1S/C24H20FN3O2/c25-20-13-7-8-14-23(20)30-16-15-26-24(29)22-17-21(18-9-3-1-4-10-18)27-28(22)19-11-5-2-6-12-19/h1-14,17H,15-16H2,(H,26,29). The molecule has 0 spiro atoms. The average molecular weight is 401 g/mol. The highest BCUT2D eigenvalue weighted by molar-refractivity contribution is 5.94. The van der Waals surface area contributed by atoms with Crippen LogP contribution in [0.15, 0.2) is 91.0 Å². The largest absolute Gasteiger partial charge is 0.489 e. The zero-order chi connectivity index (χ0) is 20.8. The summed E-state index contributed by atoms with van der Waals surface area (Å²) in [6.07, 6.45) is 0. The molecule has 0 aliphatic carbocycles. The molecule has 0 atom stereocenters. The molecule has 6 heteroatoms. The molecule has 0 aliphatic heterocycles. The minimum absolute atomic E-state index is 0.150. The van der Waals surface area contributed by atoms with E-state index in [9.17, 15) is 9.18 Å². The fourth-order valence-electron chi connectivity index (χ4n) is 3.04. The van der Waals surface area contributed by atoms with Crippen LogP contribution in [0.4, 0.5) is 4.39 Å². The van der Waals surface area contributed by atoms with Crippen molar-refractivity contribution < 1.29 is 13.9 Å². The third kappa shape index (κ3) is 4.38. The van der Waals surface area contributed by atoms with Crippen LogP contribution < -0.4 is 10.1 Å². The number of ether oxygens (including phenoxy) is 1. The summed E-state index contributed by atoms with van der Waals surface area (Å²) in [5.74, 6) is -0.559. The number of carbonyl (C=O) groups excluding carboxylic acids is 1. The van der Waals surface area contributed by atoms with E-state index in [0.717, 1.165) is 11.3 Å². The lowest BCUT2D eigenvalue weighted by Crippen LogP contribution is -2.29. The van der Waals surface area contributed by atoms with Gasteiger partial charge in [-0.1, -0.05) is 60.7 Å².